The van der Waals surface area contributed by atoms with Crippen LogP contribution in [-0.4, -0.2) is 37.8 Å². The summed E-state index contributed by atoms with van der Waals surface area (Å²) in [6, 6.07) is 6.24. The lowest BCUT2D eigenvalue weighted by atomic mass is 10.1. The number of aryl methyl sites for hydroxylation is 2. The van der Waals surface area contributed by atoms with E-state index in [1.54, 1.807) is 18.4 Å². The number of nitrogens with one attached hydrogen (secondary N) is 2. The summed E-state index contributed by atoms with van der Waals surface area (Å²) < 4.78 is 11.0. The number of thiazole rings is 1. The maximum atomic E-state index is 5.95. The third-order valence-electron chi connectivity index (χ3n) is 3.82. The van der Waals surface area contributed by atoms with Crippen molar-refractivity contribution < 1.29 is 9.47 Å². The minimum absolute atomic E-state index is 0. The molecule has 0 fully saturated rings. The molecule has 0 spiro atoms. The zero-order chi connectivity index (χ0) is 19.5. The average Bonchev–Trinajstić information content (AvgIpc) is 3.07. The molecule has 0 unspecified atom stereocenters. The summed E-state index contributed by atoms with van der Waals surface area (Å²) in [4.78, 5) is 10.2. The molecule has 1 aromatic carbocycles. The Kier molecular flexibility index (Phi) is 12.1. The molecule has 0 saturated heterocycles. The number of nitrogens with zero attached hydrogens (tertiary/aromatic N) is 2. The van der Waals surface area contributed by atoms with Crippen molar-refractivity contribution in [3.63, 3.8) is 0 Å². The van der Waals surface area contributed by atoms with Crippen LogP contribution in [0.3, 0.4) is 0 Å². The minimum atomic E-state index is 0. The van der Waals surface area contributed by atoms with Crippen LogP contribution >= 0.6 is 35.3 Å². The zero-order valence-electron chi connectivity index (χ0n) is 17.1. The molecule has 2 N–H and O–H groups in total. The molecule has 1 heterocycles. The Morgan fingerprint density at radius 2 is 2.04 bits per heavy atom. The fraction of sp³-hybridized carbons (Fsp3) is 0.500. The molecule has 2 rings (SSSR count). The number of hydrogen-bond donors (Lipinski definition) is 2. The Bertz CT molecular complexity index is 737. The largest absolute Gasteiger partial charge is 0.493 e. The van der Waals surface area contributed by atoms with Crippen LogP contribution in [-0.2, 0) is 17.8 Å². The van der Waals surface area contributed by atoms with E-state index in [9.17, 15) is 0 Å². The zero-order valence-corrected chi connectivity index (χ0v) is 20.2. The van der Waals surface area contributed by atoms with Gasteiger partial charge in [-0.25, -0.2) is 9.98 Å². The monoisotopic (exact) mass is 518 g/mol. The van der Waals surface area contributed by atoms with Crippen LogP contribution in [0.25, 0.3) is 0 Å². The van der Waals surface area contributed by atoms with Gasteiger partial charge in [0.25, 0.3) is 0 Å². The van der Waals surface area contributed by atoms with Crippen molar-refractivity contribution in [3.8, 4) is 5.75 Å². The first-order valence-electron chi connectivity index (χ1n) is 9.27. The van der Waals surface area contributed by atoms with Gasteiger partial charge >= 0.3 is 0 Å². The highest BCUT2D eigenvalue weighted by Crippen LogP contribution is 2.21. The van der Waals surface area contributed by atoms with E-state index >= 15 is 0 Å². The lowest BCUT2D eigenvalue weighted by Crippen LogP contribution is -2.36. The van der Waals surface area contributed by atoms with E-state index in [1.807, 2.05) is 13.1 Å². The van der Waals surface area contributed by atoms with Gasteiger partial charge in [-0.3, -0.25) is 0 Å². The molecule has 0 bridgehead atoms. The maximum Gasteiger partial charge on any atom is 0.191 e. The van der Waals surface area contributed by atoms with Gasteiger partial charge in [-0.1, -0.05) is 12.1 Å². The second-order valence-corrected chi connectivity index (χ2v) is 7.52. The molecule has 0 aliphatic heterocycles. The van der Waals surface area contributed by atoms with E-state index in [1.165, 1.54) is 10.4 Å². The number of halogens is 1. The first-order valence-corrected chi connectivity index (χ1v) is 10.1. The lowest BCUT2D eigenvalue weighted by Gasteiger charge is -2.13. The van der Waals surface area contributed by atoms with Crippen LogP contribution in [0.15, 0.2) is 29.4 Å². The summed E-state index contributed by atoms with van der Waals surface area (Å²) in [6.45, 7) is 9.55. The van der Waals surface area contributed by atoms with Crippen LogP contribution < -0.4 is 15.4 Å². The highest BCUT2D eigenvalue weighted by molar-refractivity contribution is 14.0. The molecule has 8 heteroatoms. The maximum absolute atomic E-state index is 5.95. The number of hydrogen-bond acceptors (Lipinski definition) is 5. The van der Waals surface area contributed by atoms with Gasteiger partial charge in [0.15, 0.2) is 5.96 Å². The van der Waals surface area contributed by atoms with Gasteiger partial charge in [-0.2, -0.15) is 0 Å². The Hall–Kier alpha value is -1.39. The van der Waals surface area contributed by atoms with Gasteiger partial charge in [0.2, 0.25) is 0 Å². The molecule has 0 amide bonds. The smallest absolute Gasteiger partial charge is 0.191 e. The number of rotatable bonds is 10. The Balaban J connectivity index is 0.00000392. The van der Waals surface area contributed by atoms with Crippen LogP contribution in [0.1, 0.15) is 34.4 Å². The second-order valence-electron chi connectivity index (χ2n) is 6.20. The van der Waals surface area contributed by atoms with Crippen molar-refractivity contribution in [2.75, 3.05) is 26.9 Å². The third kappa shape index (κ3) is 8.74. The van der Waals surface area contributed by atoms with Crippen molar-refractivity contribution in [1.82, 2.24) is 15.6 Å². The van der Waals surface area contributed by atoms with Gasteiger partial charge < -0.3 is 20.1 Å². The van der Waals surface area contributed by atoms with Crippen molar-refractivity contribution in [2.45, 2.75) is 40.3 Å². The Morgan fingerprint density at radius 3 is 2.71 bits per heavy atom. The summed E-state index contributed by atoms with van der Waals surface area (Å²) in [5, 5.41) is 7.72. The summed E-state index contributed by atoms with van der Waals surface area (Å²) >= 11 is 1.69. The van der Waals surface area contributed by atoms with E-state index in [2.05, 4.69) is 47.7 Å². The normalized spacial score (nSPS) is 11.1. The number of guanidine groups is 1. The van der Waals surface area contributed by atoms with Gasteiger partial charge in [-0.15, -0.1) is 35.3 Å². The molecular weight excluding hydrogens is 487 g/mol. The second kappa shape index (κ2) is 13.7. The van der Waals surface area contributed by atoms with Crippen molar-refractivity contribution >= 4 is 41.3 Å². The molecule has 28 heavy (non-hydrogen) atoms. The number of aliphatic imine (C=N–C) groups is 1. The molecule has 6 nitrogen and oxygen atoms in total. The topological polar surface area (TPSA) is 67.8 Å². The highest BCUT2D eigenvalue weighted by Gasteiger charge is 2.06. The molecule has 0 saturated carbocycles. The number of ether oxygens (including phenoxy) is 2. The van der Waals surface area contributed by atoms with Gasteiger partial charge in [0, 0.05) is 43.3 Å². The average molecular weight is 518 g/mol. The molecule has 0 atom stereocenters. The van der Waals surface area contributed by atoms with E-state index in [0.717, 1.165) is 35.2 Å². The summed E-state index contributed by atoms with van der Waals surface area (Å²) in [5.41, 5.74) is 2.25. The van der Waals surface area contributed by atoms with Crippen LogP contribution in [0, 0.1) is 13.8 Å². The molecule has 0 aliphatic carbocycles. The standard InChI is InChI=1S/C20H30N4O2S.HI/c1-5-21-20(24-14-18-13-22-16(3)27-18)23-12-17-8-7-15(2)11-19(17)26-10-6-9-25-4;/h7-8,11,13H,5-6,9-10,12,14H2,1-4H3,(H2,21,23,24);1H. The fourth-order valence-corrected chi connectivity index (χ4v) is 3.21. The van der Waals surface area contributed by atoms with E-state index < -0.39 is 0 Å². The molecule has 156 valence electrons. The van der Waals surface area contributed by atoms with E-state index in [0.29, 0.717) is 26.3 Å². The van der Waals surface area contributed by atoms with E-state index in [4.69, 9.17) is 14.5 Å². The van der Waals surface area contributed by atoms with Crippen LogP contribution in [0.2, 0.25) is 0 Å². The summed E-state index contributed by atoms with van der Waals surface area (Å²) in [5.74, 6) is 1.68. The predicted molar refractivity (Wildman–Crippen MR) is 127 cm³/mol. The molecule has 0 aliphatic rings. The minimum Gasteiger partial charge on any atom is -0.493 e. The molecule has 0 radical (unpaired) electrons. The highest BCUT2D eigenvalue weighted by atomic mass is 127. The Morgan fingerprint density at radius 1 is 1.21 bits per heavy atom. The fourth-order valence-electron chi connectivity index (χ4n) is 2.48. The Labute approximate surface area is 189 Å². The van der Waals surface area contributed by atoms with Gasteiger partial charge in [0.05, 0.1) is 24.7 Å². The van der Waals surface area contributed by atoms with Crippen molar-refractivity contribution in [3.05, 3.63) is 45.4 Å². The van der Waals surface area contributed by atoms with Crippen molar-refractivity contribution in [2.24, 2.45) is 4.99 Å². The number of methoxy groups -OCH3 is 1. The van der Waals surface area contributed by atoms with Crippen LogP contribution in [0.5, 0.6) is 5.75 Å². The predicted octanol–water partition coefficient (Wildman–Crippen LogP) is 4.05. The first-order chi connectivity index (χ1) is 13.1. The number of aromatic nitrogens is 1. The number of benzene rings is 1. The molecule has 2 aromatic rings. The summed E-state index contributed by atoms with van der Waals surface area (Å²) in [6.07, 6.45) is 2.77. The third-order valence-corrected chi connectivity index (χ3v) is 4.74. The SMILES string of the molecule is CCNC(=NCc1ccc(C)cc1OCCCOC)NCc1cnc(C)s1.I. The molecular formula is C20H31IN4O2S. The summed E-state index contributed by atoms with van der Waals surface area (Å²) in [7, 11) is 1.70. The van der Waals surface area contributed by atoms with Crippen molar-refractivity contribution in [1.29, 1.82) is 0 Å². The van der Waals surface area contributed by atoms with E-state index in [-0.39, 0.29) is 24.0 Å². The van der Waals surface area contributed by atoms with Gasteiger partial charge in [0.1, 0.15) is 5.75 Å². The lowest BCUT2D eigenvalue weighted by molar-refractivity contribution is 0.172. The molecule has 1 aromatic heterocycles. The van der Waals surface area contributed by atoms with Crippen LogP contribution in [0.4, 0.5) is 0 Å². The van der Waals surface area contributed by atoms with Gasteiger partial charge in [-0.05, 0) is 32.4 Å². The quantitative estimate of drug-likeness (QED) is 0.215. The first kappa shape index (κ1) is 24.6.